The summed E-state index contributed by atoms with van der Waals surface area (Å²) in [6.45, 7) is 16.5. The molecule has 0 radical (unpaired) electrons. The number of aliphatic imine (C=N–C) groups is 1. The summed E-state index contributed by atoms with van der Waals surface area (Å²) in [6.07, 6.45) is 0.550. The van der Waals surface area contributed by atoms with Gasteiger partial charge in [-0.25, -0.2) is 0 Å². The van der Waals surface area contributed by atoms with Crippen molar-refractivity contribution in [2.24, 2.45) is 4.99 Å². The zero-order chi connectivity index (χ0) is 13.5. The summed E-state index contributed by atoms with van der Waals surface area (Å²) in [6, 6.07) is 0. The standard InChI is InChI=1S/C13H28N2OSi/c1-7-15(8-2)10-9-14-12(3)11-13(16)17(4,5)6/h7-11H2,1-6H3/b14-12+. The second-order valence-corrected chi connectivity index (χ2v) is 10.6. The highest BCUT2D eigenvalue weighted by Gasteiger charge is 2.23. The van der Waals surface area contributed by atoms with Crippen LogP contribution in [-0.2, 0) is 4.79 Å². The zero-order valence-electron chi connectivity index (χ0n) is 12.3. The van der Waals surface area contributed by atoms with Crippen molar-refractivity contribution in [3.63, 3.8) is 0 Å². The SMILES string of the molecule is CCN(CC)CC/N=C(\C)CC(=O)[Si](C)(C)C. The lowest BCUT2D eigenvalue weighted by atomic mass is 10.3. The number of carbonyl (C=O) groups is 1. The number of hydrogen-bond acceptors (Lipinski definition) is 3. The molecule has 0 bridgehead atoms. The molecule has 0 aromatic heterocycles. The van der Waals surface area contributed by atoms with Gasteiger partial charge in [-0.2, -0.15) is 0 Å². The Morgan fingerprint density at radius 1 is 1.18 bits per heavy atom. The summed E-state index contributed by atoms with van der Waals surface area (Å²) >= 11 is 0. The van der Waals surface area contributed by atoms with Gasteiger partial charge in [-0.05, 0) is 20.0 Å². The van der Waals surface area contributed by atoms with Crippen LogP contribution >= 0.6 is 0 Å². The summed E-state index contributed by atoms with van der Waals surface area (Å²) in [5.41, 5.74) is 0.990. The van der Waals surface area contributed by atoms with Crippen molar-refractivity contribution in [2.45, 2.75) is 46.8 Å². The van der Waals surface area contributed by atoms with Crippen molar-refractivity contribution < 1.29 is 4.79 Å². The van der Waals surface area contributed by atoms with Gasteiger partial charge >= 0.3 is 0 Å². The highest BCUT2D eigenvalue weighted by atomic mass is 28.3. The van der Waals surface area contributed by atoms with Gasteiger partial charge in [0.1, 0.15) is 13.5 Å². The first-order valence-corrected chi connectivity index (χ1v) is 10.1. The molecule has 0 spiro atoms. The largest absolute Gasteiger partial charge is 0.305 e. The van der Waals surface area contributed by atoms with Gasteiger partial charge < -0.3 is 9.69 Å². The molecule has 0 atom stereocenters. The molecule has 0 fully saturated rings. The maximum absolute atomic E-state index is 11.9. The number of hydrogen-bond donors (Lipinski definition) is 0. The number of carbonyl (C=O) groups excluding carboxylic acids is 1. The lowest BCUT2D eigenvalue weighted by Gasteiger charge is -2.17. The van der Waals surface area contributed by atoms with E-state index < -0.39 is 8.07 Å². The van der Waals surface area contributed by atoms with Gasteiger partial charge in [-0.3, -0.25) is 4.99 Å². The molecule has 0 rings (SSSR count). The van der Waals surface area contributed by atoms with Crippen LogP contribution in [0.15, 0.2) is 4.99 Å². The van der Waals surface area contributed by atoms with E-state index in [1.54, 1.807) is 0 Å². The molecule has 0 aliphatic heterocycles. The molecule has 100 valence electrons. The Bertz CT molecular complexity index is 265. The van der Waals surface area contributed by atoms with Crippen molar-refractivity contribution in [2.75, 3.05) is 26.2 Å². The molecule has 0 saturated heterocycles. The number of likely N-dealkylation sites (N-methyl/N-ethyl adjacent to an activating group) is 1. The Balaban J connectivity index is 4.07. The van der Waals surface area contributed by atoms with Crippen molar-refractivity contribution >= 4 is 19.2 Å². The molecule has 0 N–H and O–H groups in total. The van der Waals surface area contributed by atoms with Gasteiger partial charge in [0.05, 0.1) is 6.54 Å². The normalized spacial score (nSPS) is 13.2. The van der Waals surface area contributed by atoms with Gasteiger partial charge in [0, 0.05) is 18.7 Å². The molecular formula is C13H28N2OSi. The van der Waals surface area contributed by atoms with Crippen LogP contribution in [0.25, 0.3) is 0 Å². The minimum absolute atomic E-state index is 0.404. The maximum atomic E-state index is 11.9. The molecular weight excluding hydrogens is 228 g/mol. The molecule has 0 aliphatic carbocycles. The third kappa shape index (κ3) is 7.44. The third-order valence-electron chi connectivity index (χ3n) is 2.95. The smallest absolute Gasteiger partial charge is 0.124 e. The summed E-state index contributed by atoms with van der Waals surface area (Å²) in [7, 11) is -1.63. The number of rotatable bonds is 8. The zero-order valence-corrected chi connectivity index (χ0v) is 13.3. The highest BCUT2D eigenvalue weighted by Crippen LogP contribution is 2.06. The van der Waals surface area contributed by atoms with Crippen molar-refractivity contribution in [1.29, 1.82) is 0 Å². The predicted octanol–water partition coefficient (Wildman–Crippen LogP) is 2.63. The Morgan fingerprint density at radius 2 is 1.71 bits per heavy atom. The van der Waals surface area contributed by atoms with E-state index in [2.05, 4.69) is 43.4 Å². The number of nitrogens with zero attached hydrogens (tertiary/aromatic N) is 2. The van der Waals surface area contributed by atoms with E-state index in [4.69, 9.17) is 0 Å². The monoisotopic (exact) mass is 256 g/mol. The van der Waals surface area contributed by atoms with Crippen LogP contribution < -0.4 is 0 Å². The van der Waals surface area contributed by atoms with Crippen LogP contribution in [0.1, 0.15) is 27.2 Å². The molecule has 0 aromatic rings. The molecule has 0 amide bonds. The summed E-state index contributed by atoms with van der Waals surface area (Å²) in [5, 5.41) is 0.404. The Labute approximate surface area is 107 Å². The summed E-state index contributed by atoms with van der Waals surface area (Å²) in [4.78, 5) is 18.7. The van der Waals surface area contributed by atoms with Crippen LogP contribution in [-0.4, -0.2) is 50.3 Å². The van der Waals surface area contributed by atoms with E-state index in [-0.39, 0.29) is 0 Å². The van der Waals surface area contributed by atoms with E-state index in [1.165, 1.54) is 0 Å². The molecule has 4 heteroatoms. The van der Waals surface area contributed by atoms with Crippen molar-refractivity contribution in [3.8, 4) is 0 Å². The second kappa shape index (κ2) is 7.77. The first-order valence-electron chi connectivity index (χ1n) is 6.56. The third-order valence-corrected chi connectivity index (χ3v) is 4.80. The molecule has 3 nitrogen and oxygen atoms in total. The first kappa shape index (κ1) is 16.5. The van der Waals surface area contributed by atoms with Crippen molar-refractivity contribution in [3.05, 3.63) is 0 Å². The molecule has 0 unspecified atom stereocenters. The topological polar surface area (TPSA) is 32.7 Å². The highest BCUT2D eigenvalue weighted by molar-refractivity contribution is 7.03. The summed E-state index contributed by atoms with van der Waals surface area (Å²) < 4.78 is 0. The average Bonchev–Trinajstić information content (AvgIpc) is 2.23. The van der Waals surface area contributed by atoms with E-state index in [1.807, 2.05) is 6.92 Å². The molecule has 0 aliphatic rings. The molecule has 17 heavy (non-hydrogen) atoms. The van der Waals surface area contributed by atoms with Gasteiger partial charge in [-0.15, -0.1) is 0 Å². The summed E-state index contributed by atoms with van der Waals surface area (Å²) in [5.74, 6) is 0. The van der Waals surface area contributed by atoms with E-state index in [9.17, 15) is 4.79 Å². The Hall–Kier alpha value is -0.483. The van der Waals surface area contributed by atoms with E-state index in [0.29, 0.717) is 11.8 Å². The fourth-order valence-corrected chi connectivity index (χ4v) is 2.26. The predicted molar refractivity (Wildman–Crippen MR) is 78.7 cm³/mol. The molecule has 0 aromatic carbocycles. The molecule has 0 heterocycles. The van der Waals surface area contributed by atoms with Crippen LogP contribution in [0, 0.1) is 0 Å². The van der Waals surface area contributed by atoms with Gasteiger partial charge in [0.25, 0.3) is 0 Å². The minimum atomic E-state index is -1.63. The Morgan fingerprint density at radius 3 is 2.12 bits per heavy atom. The van der Waals surface area contributed by atoms with E-state index in [0.717, 1.165) is 31.9 Å². The van der Waals surface area contributed by atoms with Crippen LogP contribution in [0.2, 0.25) is 19.6 Å². The van der Waals surface area contributed by atoms with Gasteiger partial charge in [-0.1, -0.05) is 33.5 Å². The Kier molecular flexibility index (Phi) is 7.55. The lowest BCUT2D eigenvalue weighted by Crippen LogP contribution is -2.34. The van der Waals surface area contributed by atoms with Crippen LogP contribution in [0.4, 0.5) is 0 Å². The fraction of sp³-hybridized carbons (Fsp3) is 0.846. The maximum Gasteiger partial charge on any atom is 0.124 e. The first-order chi connectivity index (χ1) is 7.81. The lowest BCUT2D eigenvalue weighted by molar-refractivity contribution is -0.111. The van der Waals surface area contributed by atoms with Gasteiger partial charge in [0.2, 0.25) is 0 Å². The van der Waals surface area contributed by atoms with E-state index >= 15 is 0 Å². The fourth-order valence-electron chi connectivity index (χ4n) is 1.48. The van der Waals surface area contributed by atoms with Crippen LogP contribution in [0.3, 0.4) is 0 Å². The quantitative estimate of drug-likeness (QED) is 0.494. The van der Waals surface area contributed by atoms with Crippen LogP contribution in [0.5, 0.6) is 0 Å². The van der Waals surface area contributed by atoms with Crippen molar-refractivity contribution in [1.82, 2.24) is 4.90 Å². The van der Waals surface area contributed by atoms with Gasteiger partial charge in [0.15, 0.2) is 0 Å². The minimum Gasteiger partial charge on any atom is -0.305 e. The average molecular weight is 256 g/mol. The molecule has 0 saturated carbocycles. The second-order valence-electron chi connectivity index (χ2n) is 5.49.